The Morgan fingerprint density at radius 3 is 2.50 bits per heavy atom. The van der Waals surface area contributed by atoms with Crippen molar-refractivity contribution in [3.8, 4) is 0 Å². The zero-order valence-corrected chi connectivity index (χ0v) is 21.8. The number of rotatable bonds is 7. The van der Waals surface area contributed by atoms with Gasteiger partial charge in [0.2, 0.25) is 0 Å². The fourth-order valence-corrected chi connectivity index (χ4v) is 4.43. The molecule has 0 radical (unpaired) electrons. The van der Waals surface area contributed by atoms with Crippen LogP contribution < -0.4 is 16.0 Å². The number of ketones is 1. The fourth-order valence-electron chi connectivity index (χ4n) is 4.05. The molecule has 0 bridgehead atoms. The number of aryl methyl sites for hydroxylation is 1. The first kappa shape index (κ1) is 27.8. The number of hydrogen-bond donors (Lipinski definition) is 3. The van der Waals surface area contributed by atoms with Gasteiger partial charge in [0.1, 0.15) is 0 Å². The van der Waals surface area contributed by atoms with E-state index in [1.807, 2.05) is 6.07 Å². The predicted molar refractivity (Wildman–Crippen MR) is 145 cm³/mol. The van der Waals surface area contributed by atoms with Crippen molar-refractivity contribution in [1.29, 1.82) is 0 Å². The highest BCUT2D eigenvalue weighted by Crippen LogP contribution is 2.39. The molecular formula is C27H24ClF3N4O2S. The number of nitrogens with zero attached hydrogens (tertiary/aromatic N) is 2. The van der Waals surface area contributed by atoms with Crippen molar-refractivity contribution < 1.29 is 22.8 Å². The second kappa shape index (κ2) is 11.3. The molecular weight excluding hydrogens is 537 g/mol. The minimum Gasteiger partial charge on any atom is -0.321 e. The van der Waals surface area contributed by atoms with Crippen molar-refractivity contribution in [2.24, 2.45) is 10.7 Å². The van der Waals surface area contributed by atoms with Crippen molar-refractivity contribution >= 4 is 53.0 Å². The molecule has 3 N–H and O–H groups in total. The lowest BCUT2D eigenvalue weighted by Crippen LogP contribution is -2.48. The van der Waals surface area contributed by atoms with Gasteiger partial charge in [0.25, 0.3) is 5.91 Å². The first-order valence-corrected chi connectivity index (χ1v) is 12.6. The quantitative estimate of drug-likeness (QED) is 0.358. The van der Waals surface area contributed by atoms with Crippen LogP contribution in [-0.2, 0) is 15.8 Å². The van der Waals surface area contributed by atoms with E-state index in [9.17, 15) is 22.8 Å². The molecule has 3 aromatic carbocycles. The number of thiol groups is 1. The largest absolute Gasteiger partial charge is 0.416 e. The summed E-state index contributed by atoms with van der Waals surface area (Å²) in [5.41, 5.74) is 7.10. The summed E-state index contributed by atoms with van der Waals surface area (Å²) in [4.78, 5) is 32.3. The Morgan fingerprint density at radius 2 is 1.84 bits per heavy atom. The van der Waals surface area contributed by atoms with Gasteiger partial charge in [-0.3, -0.25) is 24.8 Å². The number of benzene rings is 3. The molecule has 6 nitrogen and oxygen atoms in total. The molecule has 11 heteroatoms. The summed E-state index contributed by atoms with van der Waals surface area (Å²) < 4.78 is 41.0. The normalized spacial score (nSPS) is 16.5. The SMILES string of the molecule is Cc1ccc(C(F)(F)F)cc1N1C(=O)C(NCC(=O)C(N)CS)N=C(c2ccccc2)c2cc(Cl)ccc21. The molecule has 0 saturated carbocycles. The molecule has 38 heavy (non-hydrogen) atoms. The molecule has 1 aliphatic rings. The first-order chi connectivity index (χ1) is 18.0. The lowest BCUT2D eigenvalue weighted by Gasteiger charge is -2.28. The van der Waals surface area contributed by atoms with Gasteiger partial charge in [0.15, 0.2) is 11.9 Å². The molecule has 4 rings (SSSR count). The number of carbonyl (C=O) groups excluding carboxylic acids is 2. The monoisotopic (exact) mass is 560 g/mol. The lowest BCUT2D eigenvalue weighted by atomic mass is 9.99. The highest BCUT2D eigenvalue weighted by Gasteiger charge is 2.36. The third kappa shape index (κ3) is 5.78. The molecule has 1 aliphatic heterocycles. The van der Waals surface area contributed by atoms with Crippen LogP contribution in [0.5, 0.6) is 0 Å². The Morgan fingerprint density at radius 1 is 1.13 bits per heavy atom. The highest BCUT2D eigenvalue weighted by atomic mass is 35.5. The first-order valence-electron chi connectivity index (χ1n) is 11.6. The van der Waals surface area contributed by atoms with Crippen LogP contribution in [0, 0.1) is 6.92 Å². The number of aliphatic imine (C=N–C) groups is 1. The van der Waals surface area contributed by atoms with Crippen LogP contribution in [0.2, 0.25) is 5.02 Å². The van der Waals surface area contributed by atoms with Crippen LogP contribution in [0.3, 0.4) is 0 Å². The number of anilines is 2. The van der Waals surface area contributed by atoms with E-state index >= 15 is 0 Å². The number of fused-ring (bicyclic) bond motifs is 1. The molecule has 0 saturated heterocycles. The standard InChI is InChI=1S/C27H24ClF3N4O2S/c1-15-7-8-17(27(29,30)31)11-22(15)35-21-10-9-18(28)12-19(21)24(16-5-3-2-4-6-16)34-25(26(35)37)33-13-23(36)20(32)14-38/h2-12,20,25,33,38H,13-14,32H2,1H3. The molecule has 0 fully saturated rings. The molecule has 0 aromatic heterocycles. The molecule has 198 valence electrons. The van der Waals surface area contributed by atoms with Crippen LogP contribution in [0.4, 0.5) is 24.5 Å². The van der Waals surface area contributed by atoms with Gasteiger partial charge in [-0.25, -0.2) is 0 Å². The van der Waals surface area contributed by atoms with E-state index in [-0.39, 0.29) is 18.0 Å². The zero-order chi connectivity index (χ0) is 27.6. The Hall–Kier alpha value is -3.18. The maximum Gasteiger partial charge on any atom is 0.416 e. The van der Waals surface area contributed by atoms with Gasteiger partial charge in [-0.1, -0.05) is 48.0 Å². The Balaban J connectivity index is 1.93. The number of benzodiazepines with no additional fused rings is 1. The van der Waals surface area contributed by atoms with Gasteiger partial charge in [-0.15, -0.1) is 0 Å². The second-order valence-electron chi connectivity index (χ2n) is 8.72. The lowest BCUT2D eigenvalue weighted by molar-refractivity contribution is -0.137. The van der Waals surface area contributed by atoms with Crippen molar-refractivity contribution in [1.82, 2.24) is 5.32 Å². The summed E-state index contributed by atoms with van der Waals surface area (Å²) in [5, 5.41) is 3.19. The maximum absolute atomic E-state index is 14.0. The smallest absolute Gasteiger partial charge is 0.321 e. The van der Waals surface area contributed by atoms with E-state index in [1.165, 1.54) is 11.0 Å². The Bertz CT molecular complexity index is 1400. The minimum atomic E-state index is -4.63. The average molecular weight is 561 g/mol. The number of nitrogens with two attached hydrogens (primary N) is 1. The fraction of sp³-hybridized carbons (Fsp3) is 0.222. The van der Waals surface area contributed by atoms with Crippen molar-refractivity contribution in [3.05, 3.63) is 94.0 Å². The van der Waals surface area contributed by atoms with E-state index in [4.69, 9.17) is 17.3 Å². The number of Topliss-reactive ketones (excluding diaryl/α,β-unsaturated/α-hetero) is 1. The molecule has 0 aliphatic carbocycles. The molecule has 0 spiro atoms. The predicted octanol–water partition coefficient (Wildman–Crippen LogP) is 4.92. The maximum atomic E-state index is 14.0. The van der Waals surface area contributed by atoms with E-state index in [0.717, 1.165) is 12.1 Å². The summed E-state index contributed by atoms with van der Waals surface area (Å²) in [6, 6.07) is 16.0. The number of amides is 1. The molecule has 3 aromatic rings. The summed E-state index contributed by atoms with van der Waals surface area (Å²) in [6.45, 7) is 1.32. The van der Waals surface area contributed by atoms with Crippen molar-refractivity contribution in [2.45, 2.75) is 25.3 Å². The Kier molecular flexibility index (Phi) is 8.27. The zero-order valence-electron chi connectivity index (χ0n) is 20.2. The minimum absolute atomic E-state index is 0.0306. The van der Waals surface area contributed by atoms with Gasteiger partial charge < -0.3 is 5.73 Å². The van der Waals surface area contributed by atoms with Gasteiger partial charge in [-0.05, 0) is 42.8 Å². The summed E-state index contributed by atoms with van der Waals surface area (Å²) in [5.74, 6) is -0.956. The number of hydrogen-bond acceptors (Lipinski definition) is 6. The Labute approximate surface area is 228 Å². The summed E-state index contributed by atoms with van der Waals surface area (Å²) >= 11 is 10.4. The highest BCUT2D eigenvalue weighted by molar-refractivity contribution is 7.80. The average Bonchev–Trinajstić information content (AvgIpc) is 3.00. The second-order valence-corrected chi connectivity index (χ2v) is 9.52. The number of nitrogens with one attached hydrogen (secondary N) is 1. The van der Waals surface area contributed by atoms with Crippen LogP contribution in [0.15, 0.2) is 71.7 Å². The number of alkyl halides is 3. The van der Waals surface area contributed by atoms with Crippen molar-refractivity contribution in [3.63, 3.8) is 0 Å². The summed E-state index contributed by atoms with van der Waals surface area (Å²) in [6.07, 6.45) is -5.94. The van der Waals surface area contributed by atoms with Gasteiger partial charge >= 0.3 is 6.18 Å². The molecule has 1 heterocycles. The van der Waals surface area contributed by atoms with Crippen LogP contribution in [-0.4, -0.2) is 41.9 Å². The van der Waals surface area contributed by atoms with Crippen LogP contribution in [0.25, 0.3) is 0 Å². The topological polar surface area (TPSA) is 87.8 Å². The third-order valence-corrected chi connectivity index (χ3v) is 6.70. The van der Waals surface area contributed by atoms with Crippen LogP contribution in [0.1, 0.15) is 22.3 Å². The number of halogens is 4. The van der Waals surface area contributed by atoms with Gasteiger partial charge in [0.05, 0.1) is 35.2 Å². The van der Waals surface area contributed by atoms with E-state index in [1.54, 1.807) is 49.4 Å². The van der Waals surface area contributed by atoms with Gasteiger partial charge in [0, 0.05) is 21.9 Å². The number of carbonyl (C=O) groups is 2. The molecule has 2 unspecified atom stereocenters. The molecule has 1 amide bonds. The third-order valence-electron chi connectivity index (χ3n) is 6.07. The van der Waals surface area contributed by atoms with Gasteiger partial charge in [-0.2, -0.15) is 25.8 Å². The van der Waals surface area contributed by atoms with Crippen LogP contribution >= 0.6 is 24.2 Å². The van der Waals surface area contributed by atoms with E-state index in [2.05, 4.69) is 22.9 Å². The van der Waals surface area contributed by atoms with E-state index in [0.29, 0.717) is 33.1 Å². The van der Waals surface area contributed by atoms with Crippen molar-refractivity contribution in [2.75, 3.05) is 17.2 Å². The summed E-state index contributed by atoms with van der Waals surface area (Å²) in [7, 11) is 0. The molecule has 2 atom stereocenters. The van der Waals surface area contributed by atoms with E-state index < -0.39 is 35.6 Å².